The molecule has 4 rings (SSSR count). The zero-order chi connectivity index (χ0) is 30.8. The molecule has 1 fully saturated rings. The van der Waals surface area contributed by atoms with Gasteiger partial charge in [0, 0.05) is 55.4 Å². The molecule has 10 heteroatoms. The fourth-order valence-corrected chi connectivity index (χ4v) is 5.19. The minimum atomic E-state index is -0.886. The van der Waals surface area contributed by atoms with Crippen LogP contribution >= 0.6 is 0 Å². The van der Waals surface area contributed by atoms with Gasteiger partial charge in [0.2, 0.25) is 0 Å². The predicted octanol–water partition coefficient (Wildman–Crippen LogP) is 4.20. The van der Waals surface area contributed by atoms with Gasteiger partial charge < -0.3 is 24.5 Å². The second-order valence-corrected chi connectivity index (χ2v) is 10.9. The van der Waals surface area contributed by atoms with Crippen molar-refractivity contribution in [3.05, 3.63) is 83.1 Å². The maximum Gasteiger partial charge on any atom is 0.302 e. The Kier molecular flexibility index (Phi) is 11.5. The van der Waals surface area contributed by atoms with Gasteiger partial charge in [-0.05, 0) is 49.1 Å². The summed E-state index contributed by atoms with van der Waals surface area (Å²) in [6.45, 7) is 8.20. The lowest BCUT2D eigenvalue weighted by atomic mass is 9.95. The van der Waals surface area contributed by atoms with Crippen LogP contribution in [0, 0.1) is 12.8 Å². The number of carbonyl (C=O) groups excluding carboxylic acids is 3. The van der Waals surface area contributed by atoms with Crippen LogP contribution in [0.2, 0.25) is 0 Å². The van der Waals surface area contributed by atoms with Crippen LogP contribution in [0.1, 0.15) is 49.6 Å². The maximum atomic E-state index is 12.4. The van der Waals surface area contributed by atoms with Gasteiger partial charge >= 0.3 is 11.9 Å². The molecule has 0 spiro atoms. The van der Waals surface area contributed by atoms with Gasteiger partial charge in [0.25, 0.3) is 5.91 Å². The summed E-state index contributed by atoms with van der Waals surface area (Å²) in [4.78, 5) is 44.1. The summed E-state index contributed by atoms with van der Waals surface area (Å²) >= 11 is 0. The first kappa shape index (κ1) is 31.9. The number of hydroxylamine groups is 1. The van der Waals surface area contributed by atoms with Crippen molar-refractivity contribution in [1.82, 2.24) is 15.8 Å². The average molecular weight is 592 g/mol. The molecule has 43 heavy (non-hydrogen) atoms. The van der Waals surface area contributed by atoms with Crippen molar-refractivity contribution < 1.29 is 33.4 Å². The number of aryl methyl sites for hydroxylation is 1. The molecule has 0 unspecified atom stereocenters. The number of H-pyrrole nitrogens is 1. The number of hydrogen-bond donors (Lipinski definition) is 3. The normalized spacial score (nSPS) is 20.3. The smallest absolute Gasteiger partial charge is 0.302 e. The number of hydrogen-bond acceptors (Lipinski definition) is 8. The Bertz CT molecular complexity index is 1420. The first-order valence-corrected chi connectivity index (χ1v) is 14.6. The van der Waals surface area contributed by atoms with Crippen LogP contribution in [0.4, 0.5) is 0 Å². The van der Waals surface area contributed by atoms with Gasteiger partial charge in [0.1, 0.15) is 12.7 Å². The van der Waals surface area contributed by atoms with Crippen LogP contribution < -0.4 is 10.8 Å². The Hall–Kier alpha value is -3.99. The van der Waals surface area contributed by atoms with Crippen LogP contribution in [0.3, 0.4) is 0 Å². The first-order chi connectivity index (χ1) is 20.7. The zero-order valence-corrected chi connectivity index (χ0v) is 25.2. The lowest BCUT2D eigenvalue weighted by molar-refractivity contribution is -0.270. The van der Waals surface area contributed by atoms with E-state index >= 15 is 0 Å². The van der Waals surface area contributed by atoms with E-state index in [9.17, 15) is 14.4 Å². The molecule has 2 aromatic carbocycles. The Morgan fingerprint density at radius 3 is 2.53 bits per heavy atom. The molecule has 1 aromatic heterocycles. The highest BCUT2D eigenvalue weighted by Crippen LogP contribution is 2.28. The van der Waals surface area contributed by atoms with E-state index in [4.69, 9.17) is 19.0 Å². The molecule has 2 heterocycles. The molecular formula is C33H41N3O7. The third-order valence-electron chi connectivity index (χ3n) is 7.46. The summed E-state index contributed by atoms with van der Waals surface area (Å²) in [5, 5.41) is 4.81. The van der Waals surface area contributed by atoms with Gasteiger partial charge in [-0.25, -0.2) is 10.3 Å². The van der Waals surface area contributed by atoms with Crippen LogP contribution in [0.25, 0.3) is 10.9 Å². The lowest BCUT2D eigenvalue weighted by Crippen LogP contribution is -2.49. The standard InChI is InChI=1S/C33H41N3O7/c1-21-31(41-24(4)38)18-27(20-40-23(3)37)42-33(21)43-36-32(39)11-7-8-25-12-14-26(15-13-25)19-34-17-16-28-22(2)35-30-10-6-5-9-29(28)30/h5-7,9-15,21,27,31,33-35H,8,16-20H2,1-4H3,(H,36,39)/b11-7+/t21-,27+,31+,33+/m1/s1. The van der Waals surface area contributed by atoms with E-state index in [0.29, 0.717) is 12.8 Å². The Labute approximate surface area is 252 Å². The summed E-state index contributed by atoms with van der Waals surface area (Å²) in [5.74, 6) is -1.68. The molecule has 4 atom stereocenters. The van der Waals surface area contributed by atoms with Crippen molar-refractivity contribution in [2.75, 3.05) is 13.2 Å². The summed E-state index contributed by atoms with van der Waals surface area (Å²) in [7, 11) is 0. The molecule has 10 nitrogen and oxygen atoms in total. The number of fused-ring (bicyclic) bond motifs is 1. The Morgan fingerprint density at radius 1 is 1.05 bits per heavy atom. The zero-order valence-electron chi connectivity index (χ0n) is 25.2. The SMILES string of the molecule is CC(=O)OC[C@@H]1C[C@H](OC(C)=O)[C@@H](C)[C@H](ONC(=O)/C=C/Cc2ccc(CNCCc3c(C)[nH]c4ccccc34)cc2)O1. The minimum absolute atomic E-state index is 0.00686. The fourth-order valence-electron chi connectivity index (χ4n) is 5.19. The number of para-hydroxylation sites is 1. The highest BCUT2D eigenvalue weighted by atomic mass is 16.8. The second kappa shape index (κ2) is 15.5. The van der Waals surface area contributed by atoms with Crippen molar-refractivity contribution in [1.29, 1.82) is 0 Å². The minimum Gasteiger partial charge on any atom is -0.463 e. The third-order valence-corrected chi connectivity index (χ3v) is 7.46. The van der Waals surface area contributed by atoms with E-state index in [2.05, 4.69) is 65.2 Å². The van der Waals surface area contributed by atoms with Crippen LogP contribution in [-0.4, -0.2) is 54.5 Å². The van der Waals surface area contributed by atoms with Crippen LogP contribution in [0.5, 0.6) is 0 Å². The van der Waals surface area contributed by atoms with Gasteiger partial charge in [-0.2, -0.15) is 0 Å². The van der Waals surface area contributed by atoms with E-state index in [1.807, 2.05) is 6.07 Å². The highest BCUT2D eigenvalue weighted by Gasteiger charge is 2.39. The number of esters is 2. The number of rotatable bonds is 13. The van der Waals surface area contributed by atoms with Crippen LogP contribution in [0.15, 0.2) is 60.7 Å². The Balaban J connectivity index is 1.18. The number of nitrogens with one attached hydrogen (secondary N) is 3. The molecule has 1 amide bonds. The number of aromatic nitrogens is 1. The fraction of sp³-hybridized carbons (Fsp3) is 0.424. The topological polar surface area (TPSA) is 128 Å². The molecule has 0 aliphatic carbocycles. The van der Waals surface area contributed by atoms with E-state index in [1.54, 1.807) is 13.0 Å². The predicted molar refractivity (Wildman–Crippen MR) is 162 cm³/mol. The number of amides is 1. The quantitative estimate of drug-likeness (QED) is 0.117. The number of benzene rings is 2. The second-order valence-electron chi connectivity index (χ2n) is 10.9. The van der Waals surface area contributed by atoms with Crippen molar-refractivity contribution in [2.45, 2.75) is 72.0 Å². The van der Waals surface area contributed by atoms with E-state index < -0.39 is 36.3 Å². The van der Waals surface area contributed by atoms with E-state index in [-0.39, 0.29) is 12.5 Å². The van der Waals surface area contributed by atoms with Gasteiger partial charge in [-0.1, -0.05) is 55.5 Å². The van der Waals surface area contributed by atoms with Crippen molar-refractivity contribution in [3.8, 4) is 0 Å². The first-order valence-electron chi connectivity index (χ1n) is 14.6. The van der Waals surface area contributed by atoms with Gasteiger partial charge in [0.05, 0.1) is 6.10 Å². The number of aromatic amines is 1. The Morgan fingerprint density at radius 2 is 1.79 bits per heavy atom. The average Bonchev–Trinajstić information content (AvgIpc) is 3.30. The number of allylic oxidation sites excluding steroid dienone is 1. The van der Waals surface area contributed by atoms with Crippen molar-refractivity contribution >= 4 is 28.7 Å². The van der Waals surface area contributed by atoms with E-state index in [1.165, 1.54) is 47.6 Å². The molecule has 3 N–H and O–H groups in total. The molecule has 0 bridgehead atoms. The van der Waals surface area contributed by atoms with Gasteiger partial charge in [-0.3, -0.25) is 14.4 Å². The van der Waals surface area contributed by atoms with E-state index in [0.717, 1.165) is 25.1 Å². The molecule has 0 radical (unpaired) electrons. The summed E-state index contributed by atoms with van der Waals surface area (Å²) in [6.07, 6.45) is 3.11. The maximum absolute atomic E-state index is 12.4. The summed E-state index contributed by atoms with van der Waals surface area (Å²) in [5.41, 5.74) is 8.40. The van der Waals surface area contributed by atoms with Crippen LogP contribution in [-0.2, 0) is 52.8 Å². The molecule has 3 aromatic rings. The number of carbonyl (C=O) groups is 3. The summed E-state index contributed by atoms with van der Waals surface area (Å²) in [6, 6.07) is 16.7. The molecular weight excluding hydrogens is 550 g/mol. The largest absolute Gasteiger partial charge is 0.463 e. The molecule has 230 valence electrons. The highest BCUT2D eigenvalue weighted by molar-refractivity contribution is 5.86. The number of ether oxygens (including phenoxy) is 3. The molecule has 1 aliphatic heterocycles. The lowest BCUT2D eigenvalue weighted by Gasteiger charge is -2.38. The third kappa shape index (κ3) is 9.51. The van der Waals surface area contributed by atoms with Gasteiger partial charge in [-0.15, -0.1) is 0 Å². The molecule has 1 saturated heterocycles. The van der Waals surface area contributed by atoms with Crippen molar-refractivity contribution in [2.24, 2.45) is 5.92 Å². The van der Waals surface area contributed by atoms with Crippen molar-refractivity contribution in [3.63, 3.8) is 0 Å². The van der Waals surface area contributed by atoms with Gasteiger partial charge in [0.15, 0.2) is 6.29 Å². The molecule has 1 aliphatic rings. The monoisotopic (exact) mass is 591 g/mol. The summed E-state index contributed by atoms with van der Waals surface area (Å²) < 4.78 is 16.3. The molecule has 0 saturated carbocycles.